The second-order valence-electron chi connectivity index (χ2n) is 6.29. The van der Waals surface area contributed by atoms with Crippen LogP contribution in [0.2, 0.25) is 0 Å². The van der Waals surface area contributed by atoms with Crippen LogP contribution in [0, 0.1) is 0 Å². The summed E-state index contributed by atoms with van der Waals surface area (Å²) in [5.41, 5.74) is 0. The second-order valence-corrected chi connectivity index (χ2v) is 6.29. The van der Waals surface area contributed by atoms with Gasteiger partial charge in [-0.05, 0) is 27.8 Å². The van der Waals surface area contributed by atoms with Crippen LogP contribution in [0.4, 0.5) is 13.2 Å². The van der Waals surface area contributed by atoms with Gasteiger partial charge in [0.1, 0.15) is 6.04 Å². The van der Waals surface area contributed by atoms with Gasteiger partial charge in [0.25, 0.3) is 0 Å². The number of hydrogen-bond donors (Lipinski definition) is 1. The van der Waals surface area contributed by atoms with E-state index in [2.05, 4.69) is 36.1 Å². The van der Waals surface area contributed by atoms with Gasteiger partial charge in [0.2, 0.25) is 0 Å². The molecule has 1 rings (SSSR count). The summed E-state index contributed by atoms with van der Waals surface area (Å²) in [6.45, 7) is 9.05. The Morgan fingerprint density at radius 1 is 1.17 bits per heavy atom. The monoisotopic (exact) mass is 337 g/mol. The normalized spacial score (nSPS) is 19.6. The summed E-state index contributed by atoms with van der Waals surface area (Å²) in [6.07, 6.45) is -4.16. The number of nitrogens with zero attached hydrogens (tertiary/aromatic N) is 4. The van der Waals surface area contributed by atoms with Crippen molar-refractivity contribution in [2.24, 2.45) is 4.99 Å². The predicted octanol–water partition coefficient (Wildman–Crippen LogP) is 1.47. The molecule has 0 spiro atoms. The van der Waals surface area contributed by atoms with E-state index in [1.807, 2.05) is 4.90 Å². The Morgan fingerprint density at radius 3 is 2.17 bits per heavy atom. The summed E-state index contributed by atoms with van der Waals surface area (Å²) in [5.74, 6) is 0.765. The first-order valence-electron chi connectivity index (χ1n) is 8.13. The van der Waals surface area contributed by atoms with Crippen LogP contribution in [-0.4, -0.2) is 92.3 Å². The first-order valence-corrected chi connectivity index (χ1v) is 8.13. The van der Waals surface area contributed by atoms with E-state index in [1.54, 1.807) is 7.05 Å². The molecule has 0 aromatic rings. The van der Waals surface area contributed by atoms with Crippen LogP contribution in [-0.2, 0) is 0 Å². The van der Waals surface area contributed by atoms with E-state index in [-0.39, 0.29) is 0 Å². The average molecular weight is 337 g/mol. The lowest BCUT2D eigenvalue weighted by Gasteiger charge is -2.39. The minimum absolute atomic E-state index is 0.396. The van der Waals surface area contributed by atoms with Crippen molar-refractivity contribution < 1.29 is 13.2 Å². The Hall–Kier alpha value is -1.02. The van der Waals surface area contributed by atoms with Crippen LogP contribution < -0.4 is 5.32 Å². The molecule has 1 heterocycles. The zero-order chi connectivity index (χ0) is 17.6. The maximum absolute atomic E-state index is 12.8. The number of likely N-dealkylation sites (N-methyl/N-ethyl adjacent to an activating group) is 1. The van der Waals surface area contributed by atoms with Crippen LogP contribution in [0.5, 0.6) is 0 Å². The van der Waals surface area contributed by atoms with Crippen molar-refractivity contribution in [2.75, 3.05) is 53.4 Å². The fourth-order valence-corrected chi connectivity index (χ4v) is 2.46. The smallest absolute Gasteiger partial charge is 0.355 e. The van der Waals surface area contributed by atoms with Gasteiger partial charge in [-0.25, -0.2) is 0 Å². The highest BCUT2D eigenvalue weighted by Crippen LogP contribution is 2.25. The number of halogens is 3. The molecule has 0 amide bonds. The van der Waals surface area contributed by atoms with Crippen LogP contribution in [0.15, 0.2) is 4.99 Å². The maximum Gasteiger partial charge on any atom is 0.403 e. The Labute approximate surface area is 137 Å². The number of rotatable bonds is 5. The van der Waals surface area contributed by atoms with Gasteiger partial charge in [0.05, 0.1) is 0 Å². The third-order valence-corrected chi connectivity index (χ3v) is 4.48. The fraction of sp³-hybridized carbons (Fsp3) is 0.933. The highest BCUT2D eigenvalue weighted by atomic mass is 19.4. The molecule has 1 saturated heterocycles. The van der Waals surface area contributed by atoms with Gasteiger partial charge in [0, 0.05) is 52.4 Å². The molecule has 0 aromatic heterocycles. The SMILES string of the molecule is CN=C(NCCN(C)C(C)C)N1CCN(C(C)C(F)(F)F)CC1. The minimum atomic E-state index is -4.16. The Morgan fingerprint density at radius 2 is 1.74 bits per heavy atom. The molecule has 0 saturated carbocycles. The maximum atomic E-state index is 12.8. The molecule has 1 N–H and O–H groups in total. The van der Waals surface area contributed by atoms with Crippen molar-refractivity contribution in [3.8, 4) is 0 Å². The lowest BCUT2D eigenvalue weighted by molar-refractivity contribution is -0.181. The van der Waals surface area contributed by atoms with Crippen molar-refractivity contribution >= 4 is 5.96 Å². The predicted molar refractivity (Wildman–Crippen MR) is 87.8 cm³/mol. The summed E-state index contributed by atoms with van der Waals surface area (Å²) >= 11 is 0. The number of hydrogen-bond acceptors (Lipinski definition) is 3. The summed E-state index contributed by atoms with van der Waals surface area (Å²) in [5, 5.41) is 3.29. The molecule has 23 heavy (non-hydrogen) atoms. The minimum Gasteiger partial charge on any atom is -0.355 e. The molecule has 0 aliphatic carbocycles. The molecule has 136 valence electrons. The van der Waals surface area contributed by atoms with Gasteiger partial charge in [-0.15, -0.1) is 0 Å². The van der Waals surface area contributed by atoms with E-state index < -0.39 is 12.2 Å². The standard InChI is InChI=1S/C15H30F3N5/c1-12(2)21(5)7-6-20-14(19-4)23-10-8-22(9-11-23)13(3)15(16,17)18/h12-13H,6-11H2,1-5H3,(H,19,20). The molecule has 1 aliphatic heterocycles. The van der Waals surface area contributed by atoms with Gasteiger partial charge >= 0.3 is 6.18 Å². The molecule has 0 aromatic carbocycles. The lowest BCUT2D eigenvalue weighted by Crippen LogP contribution is -2.57. The first-order chi connectivity index (χ1) is 10.7. The van der Waals surface area contributed by atoms with Gasteiger partial charge in [-0.2, -0.15) is 13.2 Å². The molecule has 1 unspecified atom stereocenters. The van der Waals surface area contributed by atoms with Crippen LogP contribution in [0.25, 0.3) is 0 Å². The average Bonchev–Trinajstić information content (AvgIpc) is 2.50. The van der Waals surface area contributed by atoms with Crippen molar-refractivity contribution in [1.82, 2.24) is 20.0 Å². The fourth-order valence-electron chi connectivity index (χ4n) is 2.46. The topological polar surface area (TPSA) is 34.1 Å². The first kappa shape index (κ1) is 20.0. The summed E-state index contributed by atoms with van der Waals surface area (Å²) in [4.78, 5) is 9.97. The number of nitrogens with one attached hydrogen (secondary N) is 1. The van der Waals surface area contributed by atoms with E-state index in [9.17, 15) is 13.2 Å². The number of piperazine rings is 1. The summed E-state index contributed by atoms with van der Waals surface area (Å²) in [6, 6.07) is -0.912. The van der Waals surface area contributed by atoms with Crippen LogP contribution in [0.1, 0.15) is 20.8 Å². The van der Waals surface area contributed by atoms with E-state index in [1.165, 1.54) is 11.8 Å². The second kappa shape index (κ2) is 8.73. The molecule has 0 radical (unpaired) electrons. The zero-order valence-electron chi connectivity index (χ0n) is 14.8. The van der Waals surface area contributed by atoms with Crippen LogP contribution in [0.3, 0.4) is 0 Å². The van der Waals surface area contributed by atoms with Gasteiger partial charge in [-0.1, -0.05) is 0 Å². The van der Waals surface area contributed by atoms with Crippen molar-refractivity contribution in [2.45, 2.75) is 39.0 Å². The van der Waals surface area contributed by atoms with Crippen molar-refractivity contribution in [3.05, 3.63) is 0 Å². The largest absolute Gasteiger partial charge is 0.403 e. The molecule has 1 fully saturated rings. The highest BCUT2D eigenvalue weighted by Gasteiger charge is 2.41. The number of alkyl halides is 3. The summed E-state index contributed by atoms with van der Waals surface area (Å²) < 4.78 is 38.3. The van der Waals surface area contributed by atoms with Crippen molar-refractivity contribution in [1.29, 1.82) is 0 Å². The van der Waals surface area contributed by atoms with Crippen LogP contribution >= 0.6 is 0 Å². The molecule has 0 bridgehead atoms. The number of guanidine groups is 1. The van der Waals surface area contributed by atoms with E-state index in [0.717, 1.165) is 19.0 Å². The van der Waals surface area contributed by atoms with E-state index in [0.29, 0.717) is 32.2 Å². The number of aliphatic imine (C=N–C) groups is 1. The molecular formula is C15H30F3N5. The molecule has 5 nitrogen and oxygen atoms in total. The highest BCUT2D eigenvalue weighted by molar-refractivity contribution is 5.80. The summed E-state index contributed by atoms with van der Waals surface area (Å²) in [7, 11) is 3.77. The quantitative estimate of drug-likeness (QED) is 0.609. The van der Waals surface area contributed by atoms with Gasteiger partial charge < -0.3 is 15.1 Å². The third kappa shape index (κ3) is 6.18. The zero-order valence-corrected chi connectivity index (χ0v) is 14.8. The molecule has 1 atom stereocenters. The van der Waals surface area contributed by atoms with Crippen molar-refractivity contribution in [3.63, 3.8) is 0 Å². The van der Waals surface area contributed by atoms with Gasteiger partial charge in [0.15, 0.2) is 5.96 Å². The Balaban J connectivity index is 2.42. The third-order valence-electron chi connectivity index (χ3n) is 4.48. The lowest BCUT2D eigenvalue weighted by atomic mass is 10.2. The Bertz CT molecular complexity index is 376. The molecule has 1 aliphatic rings. The Kier molecular flexibility index (Phi) is 7.60. The van der Waals surface area contributed by atoms with E-state index >= 15 is 0 Å². The molecular weight excluding hydrogens is 307 g/mol. The van der Waals surface area contributed by atoms with E-state index in [4.69, 9.17) is 0 Å². The molecule has 8 heteroatoms. The van der Waals surface area contributed by atoms with Gasteiger partial charge in [-0.3, -0.25) is 9.89 Å².